The lowest BCUT2D eigenvalue weighted by atomic mass is 10.3. The topological polar surface area (TPSA) is 90.1 Å². The van der Waals surface area contributed by atoms with E-state index in [1.807, 2.05) is 24.3 Å². The molecular formula is C15H18N4O3S. The normalized spacial score (nSPS) is 10.7. The van der Waals surface area contributed by atoms with E-state index < -0.39 is 4.92 Å². The molecule has 0 fully saturated rings. The number of rotatable bonds is 7. The summed E-state index contributed by atoms with van der Waals surface area (Å²) in [5.74, 6) is -0.153. The number of para-hydroxylation sites is 1. The van der Waals surface area contributed by atoms with E-state index in [1.165, 1.54) is 17.1 Å². The zero-order valence-corrected chi connectivity index (χ0v) is 13.7. The Bertz CT molecular complexity index is 700. The molecule has 2 aromatic rings. The summed E-state index contributed by atoms with van der Waals surface area (Å²) in [4.78, 5) is 23.2. The maximum atomic E-state index is 12.1. The number of carbonyl (C=O) groups excluding carboxylic acids is 1. The largest absolute Gasteiger partial charge is 0.325 e. The predicted molar refractivity (Wildman–Crippen MR) is 89.6 cm³/mol. The molecule has 0 saturated carbocycles. The van der Waals surface area contributed by atoms with Crippen LogP contribution in [0, 0.1) is 10.1 Å². The van der Waals surface area contributed by atoms with Gasteiger partial charge in [0.25, 0.3) is 0 Å². The van der Waals surface area contributed by atoms with Crippen LogP contribution in [0.4, 0.5) is 11.4 Å². The average molecular weight is 334 g/mol. The summed E-state index contributed by atoms with van der Waals surface area (Å²) in [5.41, 5.74) is 0.701. The highest BCUT2D eigenvalue weighted by atomic mass is 32.2. The van der Waals surface area contributed by atoms with Crippen molar-refractivity contribution in [1.82, 2.24) is 9.78 Å². The Balaban J connectivity index is 1.93. The van der Waals surface area contributed by atoms with Crippen LogP contribution in [0.15, 0.2) is 41.6 Å². The lowest BCUT2D eigenvalue weighted by Gasteiger charge is -2.12. The van der Waals surface area contributed by atoms with Gasteiger partial charge in [-0.1, -0.05) is 26.0 Å². The Morgan fingerprint density at radius 3 is 2.83 bits per heavy atom. The van der Waals surface area contributed by atoms with Gasteiger partial charge in [0.2, 0.25) is 5.91 Å². The summed E-state index contributed by atoms with van der Waals surface area (Å²) in [6, 6.07) is 7.64. The number of carbonyl (C=O) groups is 1. The first-order valence-electron chi connectivity index (χ1n) is 7.18. The molecule has 7 nitrogen and oxygen atoms in total. The van der Waals surface area contributed by atoms with Gasteiger partial charge in [0, 0.05) is 23.1 Å². The SMILES string of the molecule is CC(C)Sc1ccccc1NC(=O)CCn1cc([N+](=O)[O-])cn1. The first kappa shape index (κ1) is 17.0. The fraction of sp³-hybridized carbons (Fsp3) is 0.333. The highest BCUT2D eigenvalue weighted by Crippen LogP contribution is 2.30. The number of nitro groups is 1. The van der Waals surface area contributed by atoms with Crippen molar-refractivity contribution in [3.05, 3.63) is 46.8 Å². The van der Waals surface area contributed by atoms with Crippen LogP contribution in [0.5, 0.6) is 0 Å². The molecule has 8 heteroatoms. The molecule has 0 bridgehead atoms. The first-order chi connectivity index (χ1) is 11.0. The Hall–Kier alpha value is -2.35. The number of hydrogen-bond acceptors (Lipinski definition) is 5. The molecule has 1 heterocycles. The Labute approximate surface area is 138 Å². The molecule has 1 amide bonds. The fourth-order valence-electron chi connectivity index (χ4n) is 1.92. The van der Waals surface area contributed by atoms with Crippen molar-refractivity contribution in [2.75, 3.05) is 5.32 Å². The molecule has 0 spiro atoms. The van der Waals surface area contributed by atoms with Gasteiger partial charge < -0.3 is 5.32 Å². The zero-order valence-electron chi connectivity index (χ0n) is 12.9. The molecule has 23 heavy (non-hydrogen) atoms. The van der Waals surface area contributed by atoms with Crippen LogP contribution in [0.3, 0.4) is 0 Å². The second kappa shape index (κ2) is 7.77. The summed E-state index contributed by atoms with van der Waals surface area (Å²) in [6.07, 6.45) is 2.68. The van der Waals surface area contributed by atoms with Crippen LogP contribution in [0.25, 0.3) is 0 Å². The predicted octanol–water partition coefficient (Wildman–Crippen LogP) is 3.32. The van der Waals surface area contributed by atoms with Crippen molar-refractivity contribution in [1.29, 1.82) is 0 Å². The molecule has 0 aliphatic heterocycles. The lowest BCUT2D eigenvalue weighted by Crippen LogP contribution is -2.15. The second-order valence-electron chi connectivity index (χ2n) is 5.18. The number of amides is 1. The summed E-state index contributed by atoms with van der Waals surface area (Å²) in [5, 5.41) is 17.7. The highest BCUT2D eigenvalue weighted by molar-refractivity contribution is 8.00. The van der Waals surface area contributed by atoms with Crippen LogP contribution in [0.2, 0.25) is 0 Å². The Morgan fingerprint density at radius 1 is 1.43 bits per heavy atom. The first-order valence-corrected chi connectivity index (χ1v) is 8.06. The van der Waals surface area contributed by atoms with Crippen LogP contribution in [0.1, 0.15) is 20.3 Å². The minimum atomic E-state index is -0.511. The zero-order chi connectivity index (χ0) is 16.8. The Kier molecular flexibility index (Phi) is 5.75. The summed E-state index contributed by atoms with van der Waals surface area (Å²) < 4.78 is 1.40. The van der Waals surface area contributed by atoms with Crippen molar-refractivity contribution in [2.24, 2.45) is 0 Å². The number of aryl methyl sites for hydroxylation is 1. The number of thioether (sulfide) groups is 1. The highest BCUT2D eigenvalue weighted by Gasteiger charge is 2.11. The molecule has 0 aliphatic carbocycles. The quantitative estimate of drug-likeness (QED) is 0.476. The number of nitrogens with zero attached hydrogens (tertiary/aromatic N) is 3. The maximum absolute atomic E-state index is 12.1. The van der Waals surface area contributed by atoms with E-state index in [0.717, 1.165) is 10.6 Å². The van der Waals surface area contributed by atoms with Gasteiger partial charge in [0.15, 0.2) is 0 Å². The van der Waals surface area contributed by atoms with E-state index in [0.29, 0.717) is 11.8 Å². The molecule has 1 aromatic heterocycles. The van der Waals surface area contributed by atoms with E-state index in [-0.39, 0.29) is 18.0 Å². The van der Waals surface area contributed by atoms with E-state index >= 15 is 0 Å². The van der Waals surface area contributed by atoms with Gasteiger partial charge in [-0.3, -0.25) is 19.6 Å². The van der Waals surface area contributed by atoms with Crippen LogP contribution in [-0.2, 0) is 11.3 Å². The van der Waals surface area contributed by atoms with Gasteiger partial charge in [0.05, 0.1) is 10.6 Å². The van der Waals surface area contributed by atoms with Gasteiger partial charge in [0.1, 0.15) is 12.4 Å². The fourth-order valence-corrected chi connectivity index (χ4v) is 2.84. The van der Waals surface area contributed by atoms with E-state index in [9.17, 15) is 14.9 Å². The third-order valence-electron chi connectivity index (χ3n) is 2.92. The van der Waals surface area contributed by atoms with Crippen molar-refractivity contribution in [3.8, 4) is 0 Å². The molecule has 0 saturated heterocycles. The number of hydrogen-bond donors (Lipinski definition) is 1. The minimum absolute atomic E-state index is 0.0795. The number of benzene rings is 1. The summed E-state index contributed by atoms with van der Waals surface area (Å²) >= 11 is 1.68. The standard InChI is InChI=1S/C15H18N4O3S/c1-11(2)23-14-6-4-3-5-13(14)17-15(20)7-8-18-10-12(9-16-18)19(21)22/h3-6,9-11H,7-8H2,1-2H3,(H,17,20). The van der Waals surface area contributed by atoms with Gasteiger partial charge in [-0.05, 0) is 12.1 Å². The van der Waals surface area contributed by atoms with Crippen molar-refractivity contribution >= 4 is 29.0 Å². The smallest absolute Gasteiger partial charge is 0.306 e. The molecule has 0 atom stereocenters. The second-order valence-corrected chi connectivity index (χ2v) is 6.80. The van der Waals surface area contributed by atoms with E-state index in [2.05, 4.69) is 24.3 Å². The van der Waals surface area contributed by atoms with Crippen molar-refractivity contribution in [3.63, 3.8) is 0 Å². The molecular weight excluding hydrogens is 316 g/mol. The average Bonchev–Trinajstić information content (AvgIpc) is 2.96. The van der Waals surface area contributed by atoms with E-state index in [1.54, 1.807) is 11.8 Å². The molecule has 2 rings (SSSR count). The minimum Gasteiger partial charge on any atom is -0.325 e. The molecule has 122 valence electrons. The molecule has 0 radical (unpaired) electrons. The van der Waals surface area contributed by atoms with Gasteiger partial charge >= 0.3 is 5.69 Å². The van der Waals surface area contributed by atoms with Crippen LogP contribution < -0.4 is 5.32 Å². The lowest BCUT2D eigenvalue weighted by molar-refractivity contribution is -0.385. The van der Waals surface area contributed by atoms with Gasteiger partial charge in [-0.25, -0.2) is 0 Å². The van der Waals surface area contributed by atoms with Gasteiger partial charge in [-0.2, -0.15) is 5.10 Å². The number of anilines is 1. The number of aromatic nitrogens is 2. The maximum Gasteiger partial charge on any atom is 0.306 e. The van der Waals surface area contributed by atoms with Crippen LogP contribution >= 0.6 is 11.8 Å². The molecule has 0 aliphatic rings. The third kappa shape index (κ3) is 5.10. The summed E-state index contributed by atoms with van der Waals surface area (Å²) in [7, 11) is 0. The third-order valence-corrected chi connectivity index (χ3v) is 4.00. The molecule has 1 aromatic carbocycles. The van der Waals surface area contributed by atoms with E-state index in [4.69, 9.17) is 0 Å². The Morgan fingerprint density at radius 2 is 2.17 bits per heavy atom. The molecule has 1 N–H and O–H groups in total. The van der Waals surface area contributed by atoms with Crippen molar-refractivity contribution < 1.29 is 9.72 Å². The number of nitrogens with one attached hydrogen (secondary N) is 1. The van der Waals surface area contributed by atoms with Crippen molar-refractivity contribution in [2.45, 2.75) is 37.0 Å². The summed E-state index contributed by atoms with van der Waals surface area (Å²) in [6.45, 7) is 4.47. The van der Waals surface area contributed by atoms with Crippen LogP contribution in [-0.4, -0.2) is 25.9 Å². The monoisotopic (exact) mass is 334 g/mol. The van der Waals surface area contributed by atoms with Gasteiger partial charge in [-0.15, -0.1) is 11.8 Å². The molecule has 0 unspecified atom stereocenters.